The van der Waals surface area contributed by atoms with E-state index in [1.807, 2.05) is 0 Å². The highest BCUT2D eigenvalue weighted by Crippen LogP contribution is 2.19. The number of nitro benzene ring substituents is 1. The lowest BCUT2D eigenvalue weighted by Gasteiger charge is -2.15. The van der Waals surface area contributed by atoms with Gasteiger partial charge in [-0.3, -0.25) is 14.9 Å². The molecular weight excluding hydrogens is 227 g/mol. The highest BCUT2D eigenvalue weighted by atomic mass is 19.1. The zero-order valence-electron chi connectivity index (χ0n) is 9.06. The summed E-state index contributed by atoms with van der Waals surface area (Å²) in [6.45, 7) is 1.24. The standard InChI is InChI=1S/C11H11FN2O3/c12-10-7-8(14(16)17)3-4-9(10)11(15)13-5-1-2-6-13/h3-4,7H,1-2,5-6H2. The topological polar surface area (TPSA) is 63.4 Å². The molecular formula is C11H11FN2O3. The highest BCUT2D eigenvalue weighted by molar-refractivity contribution is 5.94. The average molecular weight is 238 g/mol. The maximum atomic E-state index is 13.6. The fourth-order valence-electron chi connectivity index (χ4n) is 1.88. The van der Waals surface area contributed by atoms with Crippen molar-refractivity contribution >= 4 is 11.6 Å². The monoisotopic (exact) mass is 238 g/mol. The molecule has 0 bridgehead atoms. The van der Waals surface area contributed by atoms with Crippen molar-refractivity contribution in [3.63, 3.8) is 0 Å². The Morgan fingerprint density at radius 1 is 1.35 bits per heavy atom. The molecule has 0 aromatic heterocycles. The molecule has 1 heterocycles. The molecule has 90 valence electrons. The Kier molecular flexibility index (Phi) is 3.03. The van der Waals surface area contributed by atoms with Gasteiger partial charge in [0.15, 0.2) is 0 Å². The number of nitrogens with zero attached hydrogens (tertiary/aromatic N) is 2. The van der Waals surface area contributed by atoms with Crippen LogP contribution >= 0.6 is 0 Å². The van der Waals surface area contributed by atoms with Crippen molar-refractivity contribution in [3.8, 4) is 0 Å². The molecule has 0 saturated carbocycles. The number of hydrogen-bond acceptors (Lipinski definition) is 3. The van der Waals surface area contributed by atoms with Crippen LogP contribution in [0.15, 0.2) is 18.2 Å². The summed E-state index contributed by atoms with van der Waals surface area (Å²) in [6, 6.07) is 3.10. The molecule has 1 aromatic rings. The van der Waals surface area contributed by atoms with Crippen LogP contribution in [0.3, 0.4) is 0 Å². The van der Waals surface area contributed by atoms with Gasteiger partial charge in [0, 0.05) is 19.2 Å². The number of likely N-dealkylation sites (tertiary alicyclic amines) is 1. The minimum absolute atomic E-state index is 0.0995. The molecule has 0 unspecified atom stereocenters. The van der Waals surface area contributed by atoms with Crippen molar-refractivity contribution in [2.45, 2.75) is 12.8 Å². The number of carbonyl (C=O) groups is 1. The van der Waals surface area contributed by atoms with E-state index < -0.39 is 16.6 Å². The SMILES string of the molecule is O=C(c1ccc([N+](=O)[O-])cc1F)N1CCCC1. The Hall–Kier alpha value is -1.98. The molecule has 5 nitrogen and oxygen atoms in total. The molecule has 0 spiro atoms. The molecule has 1 amide bonds. The van der Waals surface area contributed by atoms with Crippen molar-refractivity contribution in [3.05, 3.63) is 39.7 Å². The van der Waals surface area contributed by atoms with Crippen LogP contribution in [0.1, 0.15) is 23.2 Å². The highest BCUT2D eigenvalue weighted by Gasteiger charge is 2.23. The van der Waals surface area contributed by atoms with Crippen molar-refractivity contribution < 1.29 is 14.1 Å². The van der Waals surface area contributed by atoms with Crippen LogP contribution in [0.25, 0.3) is 0 Å². The summed E-state index contributed by atoms with van der Waals surface area (Å²) in [5, 5.41) is 10.4. The van der Waals surface area contributed by atoms with Crippen molar-refractivity contribution in [1.82, 2.24) is 4.90 Å². The summed E-state index contributed by atoms with van der Waals surface area (Å²) in [4.78, 5) is 23.2. The van der Waals surface area contributed by atoms with Crippen LogP contribution in [0.5, 0.6) is 0 Å². The fourth-order valence-corrected chi connectivity index (χ4v) is 1.88. The molecule has 1 aromatic carbocycles. The second-order valence-electron chi connectivity index (χ2n) is 3.92. The smallest absolute Gasteiger partial charge is 0.272 e. The van der Waals surface area contributed by atoms with Crippen molar-refractivity contribution in [1.29, 1.82) is 0 Å². The first-order valence-corrected chi connectivity index (χ1v) is 5.33. The molecule has 1 fully saturated rings. The Bertz CT molecular complexity index is 470. The number of non-ortho nitro benzene ring substituents is 1. The molecule has 1 aliphatic rings. The number of nitro groups is 1. The number of benzene rings is 1. The molecule has 0 N–H and O–H groups in total. The number of amides is 1. The fraction of sp³-hybridized carbons (Fsp3) is 0.364. The summed E-state index contributed by atoms with van der Waals surface area (Å²) < 4.78 is 13.6. The van der Waals surface area contributed by atoms with Gasteiger partial charge < -0.3 is 4.90 Å². The normalized spacial score (nSPS) is 15.0. The summed E-state index contributed by atoms with van der Waals surface area (Å²) >= 11 is 0. The van der Waals surface area contributed by atoms with Crippen LogP contribution in [-0.4, -0.2) is 28.8 Å². The van der Waals surface area contributed by atoms with Gasteiger partial charge in [0.2, 0.25) is 0 Å². The zero-order chi connectivity index (χ0) is 12.4. The van der Waals surface area contributed by atoms with Gasteiger partial charge in [-0.25, -0.2) is 4.39 Å². The maximum absolute atomic E-state index is 13.6. The lowest BCUT2D eigenvalue weighted by Crippen LogP contribution is -2.28. The van der Waals surface area contributed by atoms with Crippen LogP contribution in [-0.2, 0) is 0 Å². The summed E-state index contributed by atoms with van der Waals surface area (Å²) in [5.41, 5.74) is -0.446. The largest absolute Gasteiger partial charge is 0.339 e. The molecule has 2 rings (SSSR count). The Morgan fingerprint density at radius 3 is 2.53 bits per heavy atom. The van der Waals surface area contributed by atoms with E-state index in [0.717, 1.165) is 25.0 Å². The number of halogens is 1. The second-order valence-corrected chi connectivity index (χ2v) is 3.92. The van der Waals surface area contributed by atoms with Gasteiger partial charge in [0.25, 0.3) is 11.6 Å². The second kappa shape index (κ2) is 4.48. The van der Waals surface area contributed by atoms with E-state index in [4.69, 9.17) is 0 Å². The summed E-state index contributed by atoms with van der Waals surface area (Å²) in [7, 11) is 0. The maximum Gasteiger partial charge on any atom is 0.272 e. The minimum Gasteiger partial charge on any atom is -0.339 e. The molecule has 0 aliphatic carbocycles. The van der Waals surface area contributed by atoms with Gasteiger partial charge in [-0.1, -0.05) is 0 Å². The number of rotatable bonds is 2. The first-order chi connectivity index (χ1) is 8.09. The van der Waals surface area contributed by atoms with Gasteiger partial charge in [0.05, 0.1) is 16.6 Å². The molecule has 1 saturated heterocycles. The van der Waals surface area contributed by atoms with Gasteiger partial charge in [-0.2, -0.15) is 0 Å². The first-order valence-electron chi connectivity index (χ1n) is 5.33. The zero-order valence-corrected chi connectivity index (χ0v) is 9.06. The Labute approximate surface area is 97.0 Å². The van der Waals surface area contributed by atoms with Gasteiger partial charge >= 0.3 is 0 Å². The van der Waals surface area contributed by atoms with Crippen LogP contribution < -0.4 is 0 Å². The Morgan fingerprint density at radius 2 is 2.00 bits per heavy atom. The predicted molar refractivity (Wildman–Crippen MR) is 58.2 cm³/mol. The van der Waals surface area contributed by atoms with E-state index in [-0.39, 0.29) is 11.3 Å². The third kappa shape index (κ3) is 2.25. The molecule has 6 heteroatoms. The van der Waals surface area contributed by atoms with Crippen LogP contribution in [0, 0.1) is 15.9 Å². The predicted octanol–water partition coefficient (Wildman–Crippen LogP) is 1.97. The third-order valence-electron chi connectivity index (χ3n) is 2.79. The minimum atomic E-state index is -0.837. The summed E-state index contributed by atoms with van der Waals surface area (Å²) in [5.74, 6) is -1.23. The molecule has 0 atom stereocenters. The summed E-state index contributed by atoms with van der Waals surface area (Å²) in [6.07, 6.45) is 1.83. The molecule has 1 aliphatic heterocycles. The average Bonchev–Trinajstić information content (AvgIpc) is 2.81. The van der Waals surface area contributed by atoms with Gasteiger partial charge in [0.1, 0.15) is 5.82 Å². The molecule has 0 radical (unpaired) electrons. The van der Waals surface area contributed by atoms with E-state index in [0.29, 0.717) is 13.1 Å². The van der Waals surface area contributed by atoms with E-state index >= 15 is 0 Å². The van der Waals surface area contributed by atoms with Gasteiger partial charge in [-0.15, -0.1) is 0 Å². The number of hydrogen-bond donors (Lipinski definition) is 0. The van der Waals surface area contributed by atoms with E-state index in [2.05, 4.69) is 0 Å². The Balaban J connectivity index is 2.26. The van der Waals surface area contributed by atoms with Crippen molar-refractivity contribution in [2.24, 2.45) is 0 Å². The van der Waals surface area contributed by atoms with Crippen LogP contribution in [0.2, 0.25) is 0 Å². The van der Waals surface area contributed by atoms with Crippen LogP contribution in [0.4, 0.5) is 10.1 Å². The number of carbonyl (C=O) groups excluding carboxylic acids is 1. The lowest BCUT2D eigenvalue weighted by molar-refractivity contribution is -0.385. The van der Waals surface area contributed by atoms with E-state index in [1.165, 1.54) is 6.07 Å². The third-order valence-corrected chi connectivity index (χ3v) is 2.79. The quantitative estimate of drug-likeness (QED) is 0.584. The first kappa shape index (κ1) is 11.5. The molecule has 17 heavy (non-hydrogen) atoms. The van der Waals surface area contributed by atoms with Crippen molar-refractivity contribution in [2.75, 3.05) is 13.1 Å². The van der Waals surface area contributed by atoms with Gasteiger partial charge in [-0.05, 0) is 18.9 Å². The lowest BCUT2D eigenvalue weighted by atomic mass is 10.1. The van der Waals surface area contributed by atoms with E-state index in [1.54, 1.807) is 4.90 Å². The van der Waals surface area contributed by atoms with E-state index in [9.17, 15) is 19.3 Å².